The van der Waals surface area contributed by atoms with Gasteiger partial charge in [-0.2, -0.15) is 0 Å². The van der Waals surface area contributed by atoms with E-state index in [0.717, 1.165) is 11.0 Å². The average Bonchev–Trinajstić information content (AvgIpc) is 2.86. The van der Waals surface area contributed by atoms with Gasteiger partial charge in [-0.25, -0.2) is 0 Å². The van der Waals surface area contributed by atoms with Gasteiger partial charge in [0.05, 0.1) is 0 Å². The lowest BCUT2D eigenvalue weighted by molar-refractivity contribution is 0.152. The number of furan rings is 1. The molecule has 3 rings (SSSR count). The Bertz CT molecular complexity index is 727. The number of rotatable bonds is 3. The van der Waals surface area contributed by atoms with E-state index in [0.29, 0.717) is 12.2 Å². The number of para-hydroxylation sites is 1. The third-order valence-corrected chi connectivity index (χ3v) is 4.01. The van der Waals surface area contributed by atoms with Gasteiger partial charge in [0.1, 0.15) is 17.4 Å². The van der Waals surface area contributed by atoms with Crippen molar-refractivity contribution in [3.05, 3.63) is 70.5 Å². The molecule has 0 saturated carbocycles. The third kappa shape index (κ3) is 2.72. The molecule has 1 atom stereocenters. The minimum absolute atomic E-state index is 0.581. The number of aliphatic hydroxyl groups excluding tert-OH is 1. The number of hydrogen-bond acceptors (Lipinski definition) is 2. The topological polar surface area (TPSA) is 33.4 Å². The van der Waals surface area contributed by atoms with E-state index in [1.807, 2.05) is 30.3 Å². The number of fused-ring (bicyclic) bond motifs is 1. The molecule has 1 N–H and O–H groups in total. The first-order chi connectivity index (χ1) is 10.0. The maximum absolute atomic E-state index is 10.5. The Morgan fingerprint density at radius 1 is 1.00 bits per heavy atom. The molecule has 21 heavy (non-hydrogen) atoms. The predicted molar refractivity (Wildman–Crippen MR) is 85.5 cm³/mol. The van der Waals surface area contributed by atoms with Crippen LogP contribution in [0.3, 0.4) is 0 Å². The first kappa shape index (κ1) is 13.9. The second-order valence-electron chi connectivity index (χ2n) is 5.78. The molecule has 2 aromatic carbocycles. The molecule has 0 unspecified atom stereocenters. The molecule has 3 aromatic rings. The van der Waals surface area contributed by atoms with Gasteiger partial charge in [0.2, 0.25) is 0 Å². The second kappa shape index (κ2) is 5.38. The molecule has 0 aliphatic carbocycles. The normalized spacial score (nSPS) is 12.8. The summed E-state index contributed by atoms with van der Waals surface area (Å²) in [7, 11) is 0. The fourth-order valence-electron chi connectivity index (χ4n) is 2.99. The summed E-state index contributed by atoms with van der Waals surface area (Å²) < 4.78 is 5.76. The van der Waals surface area contributed by atoms with E-state index < -0.39 is 6.10 Å². The van der Waals surface area contributed by atoms with Crippen molar-refractivity contribution in [1.29, 1.82) is 0 Å². The molecule has 0 fully saturated rings. The van der Waals surface area contributed by atoms with Crippen LogP contribution in [0.2, 0.25) is 0 Å². The van der Waals surface area contributed by atoms with E-state index >= 15 is 0 Å². The highest BCUT2D eigenvalue weighted by Gasteiger charge is 2.16. The molecule has 0 amide bonds. The zero-order chi connectivity index (χ0) is 15.0. The van der Waals surface area contributed by atoms with Crippen LogP contribution in [0.15, 0.2) is 46.9 Å². The smallest absolute Gasteiger partial charge is 0.134 e. The zero-order valence-electron chi connectivity index (χ0n) is 12.7. The van der Waals surface area contributed by atoms with Gasteiger partial charge in [-0.05, 0) is 49.6 Å². The highest BCUT2D eigenvalue weighted by atomic mass is 16.4. The maximum atomic E-state index is 10.5. The van der Waals surface area contributed by atoms with Crippen molar-refractivity contribution in [3.8, 4) is 0 Å². The van der Waals surface area contributed by atoms with E-state index in [9.17, 15) is 5.11 Å². The monoisotopic (exact) mass is 280 g/mol. The molecule has 0 aliphatic heterocycles. The van der Waals surface area contributed by atoms with Gasteiger partial charge in [-0.15, -0.1) is 0 Å². The van der Waals surface area contributed by atoms with Crippen molar-refractivity contribution in [2.24, 2.45) is 0 Å². The van der Waals surface area contributed by atoms with Crippen molar-refractivity contribution in [2.75, 3.05) is 0 Å². The molecule has 0 bridgehead atoms. The predicted octanol–water partition coefficient (Wildman–Crippen LogP) is 4.63. The van der Waals surface area contributed by atoms with Gasteiger partial charge < -0.3 is 9.52 Å². The minimum atomic E-state index is -0.613. The molecule has 2 heteroatoms. The highest BCUT2D eigenvalue weighted by Crippen LogP contribution is 2.28. The molecule has 108 valence electrons. The quantitative estimate of drug-likeness (QED) is 0.758. The van der Waals surface area contributed by atoms with Crippen LogP contribution in [0.5, 0.6) is 0 Å². The SMILES string of the molecule is Cc1cc(C)c(C[C@@H](O)c2cc3ccccc3o2)c(C)c1. The van der Waals surface area contributed by atoms with E-state index in [2.05, 4.69) is 32.9 Å². The Morgan fingerprint density at radius 3 is 2.33 bits per heavy atom. The Labute approximate surface area is 125 Å². The molecular weight excluding hydrogens is 260 g/mol. The largest absolute Gasteiger partial charge is 0.458 e. The Kier molecular flexibility index (Phi) is 3.56. The standard InChI is InChI=1S/C19H20O2/c1-12-8-13(2)16(14(3)9-12)11-17(20)19-10-15-6-4-5-7-18(15)21-19/h4-10,17,20H,11H2,1-3H3/t17-/m1/s1. The molecule has 0 saturated heterocycles. The summed E-state index contributed by atoms with van der Waals surface area (Å²) >= 11 is 0. The van der Waals surface area contributed by atoms with Gasteiger partial charge >= 0.3 is 0 Å². The average molecular weight is 280 g/mol. The third-order valence-electron chi connectivity index (χ3n) is 4.01. The first-order valence-corrected chi connectivity index (χ1v) is 7.28. The van der Waals surface area contributed by atoms with Crippen molar-refractivity contribution < 1.29 is 9.52 Å². The highest BCUT2D eigenvalue weighted by molar-refractivity contribution is 5.77. The van der Waals surface area contributed by atoms with Crippen molar-refractivity contribution in [3.63, 3.8) is 0 Å². The summed E-state index contributed by atoms with van der Waals surface area (Å²) in [4.78, 5) is 0. The fraction of sp³-hybridized carbons (Fsp3) is 0.263. The number of hydrogen-bond donors (Lipinski definition) is 1. The molecule has 1 heterocycles. The Hall–Kier alpha value is -2.06. The summed E-state index contributed by atoms with van der Waals surface area (Å²) in [6.45, 7) is 6.29. The summed E-state index contributed by atoms with van der Waals surface area (Å²) in [5.41, 5.74) is 5.73. The van der Waals surface area contributed by atoms with E-state index in [4.69, 9.17) is 4.42 Å². The second-order valence-corrected chi connectivity index (χ2v) is 5.78. The molecular formula is C19H20O2. The molecule has 2 nitrogen and oxygen atoms in total. The minimum Gasteiger partial charge on any atom is -0.458 e. The van der Waals surface area contributed by atoms with E-state index in [-0.39, 0.29) is 0 Å². The van der Waals surface area contributed by atoms with Crippen LogP contribution >= 0.6 is 0 Å². The van der Waals surface area contributed by atoms with Gasteiger partial charge in [0.25, 0.3) is 0 Å². The van der Waals surface area contributed by atoms with Gasteiger partial charge in [0.15, 0.2) is 0 Å². The van der Waals surface area contributed by atoms with Crippen molar-refractivity contribution in [1.82, 2.24) is 0 Å². The summed E-state index contributed by atoms with van der Waals surface area (Å²) in [6, 6.07) is 14.1. The molecule has 0 spiro atoms. The molecule has 0 aliphatic rings. The summed E-state index contributed by atoms with van der Waals surface area (Å²) in [6.07, 6.45) is -0.0323. The van der Waals surface area contributed by atoms with Gasteiger partial charge in [-0.3, -0.25) is 0 Å². The van der Waals surface area contributed by atoms with Crippen LogP contribution in [0.1, 0.15) is 34.1 Å². The summed E-state index contributed by atoms with van der Waals surface area (Å²) in [5, 5.41) is 11.5. The van der Waals surface area contributed by atoms with Crippen molar-refractivity contribution >= 4 is 11.0 Å². The van der Waals surface area contributed by atoms with Crippen LogP contribution in [0.4, 0.5) is 0 Å². The zero-order valence-corrected chi connectivity index (χ0v) is 12.7. The number of aryl methyl sites for hydroxylation is 3. The Balaban J connectivity index is 1.91. The molecule has 1 aromatic heterocycles. The lowest BCUT2D eigenvalue weighted by Crippen LogP contribution is -2.04. The van der Waals surface area contributed by atoms with Crippen LogP contribution in [0, 0.1) is 20.8 Å². The maximum Gasteiger partial charge on any atom is 0.134 e. The van der Waals surface area contributed by atoms with Gasteiger partial charge in [0, 0.05) is 11.8 Å². The van der Waals surface area contributed by atoms with Crippen LogP contribution < -0.4 is 0 Å². The molecule has 0 radical (unpaired) electrons. The number of aliphatic hydroxyl groups is 1. The van der Waals surface area contributed by atoms with E-state index in [1.165, 1.54) is 22.3 Å². The van der Waals surface area contributed by atoms with Crippen molar-refractivity contribution in [2.45, 2.75) is 33.3 Å². The Morgan fingerprint density at radius 2 is 1.67 bits per heavy atom. The fourth-order valence-corrected chi connectivity index (χ4v) is 2.99. The van der Waals surface area contributed by atoms with Gasteiger partial charge in [-0.1, -0.05) is 35.9 Å². The first-order valence-electron chi connectivity index (χ1n) is 7.28. The van der Waals surface area contributed by atoms with E-state index in [1.54, 1.807) is 0 Å². The van der Waals surface area contributed by atoms with Crippen LogP contribution in [-0.4, -0.2) is 5.11 Å². The summed E-state index contributed by atoms with van der Waals surface area (Å²) in [5.74, 6) is 0.635. The van der Waals surface area contributed by atoms with Crippen LogP contribution in [0.25, 0.3) is 11.0 Å². The lowest BCUT2D eigenvalue weighted by Gasteiger charge is -2.14. The lowest BCUT2D eigenvalue weighted by atomic mass is 9.94. The number of benzene rings is 2. The van der Waals surface area contributed by atoms with Crippen LogP contribution in [-0.2, 0) is 6.42 Å².